The van der Waals surface area contributed by atoms with E-state index >= 15 is 0 Å². The number of carbonyl (C=O) groups is 1. The Kier molecular flexibility index (Phi) is 4.27. The second kappa shape index (κ2) is 5.73. The van der Waals surface area contributed by atoms with Crippen molar-refractivity contribution < 1.29 is 14.4 Å². The van der Waals surface area contributed by atoms with Crippen molar-refractivity contribution >= 4 is 17.7 Å². The van der Waals surface area contributed by atoms with Crippen molar-refractivity contribution in [3.05, 3.63) is 11.7 Å². The minimum atomic E-state index is -0.734. The first-order valence-electron chi connectivity index (χ1n) is 6.29. The van der Waals surface area contributed by atoms with Gasteiger partial charge in [-0.3, -0.25) is 4.79 Å². The molecule has 2 rings (SSSR count). The summed E-state index contributed by atoms with van der Waals surface area (Å²) in [6.07, 6.45) is 3.73. The summed E-state index contributed by atoms with van der Waals surface area (Å²) in [6.45, 7) is 2.07. The van der Waals surface area contributed by atoms with Crippen molar-refractivity contribution in [3.63, 3.8) is 0 Å². The van der Waals surface area contributed by atoms with E-state index in [0.717, 1.165) is 24.3 Å². The lowest BCUT2D eigenvalue weighted by Gasteiger charge is -2.21. The van der Waals surface area contributed by atoms with Crippen LogP contribution in [0.2, 0.25) is 0 Å². The van der Waals surface area contributed by atoms with E-state index in [4.69, 9.17) is 4.52 Å². The van der Waals surface area contributed by atoms with Crippen LogP contribution in [0.4, 0.5) is 0 Å². The molecule has 0 saturated heterocycles. The molecule has 0 radical (unpaired) electrons. The molecule has 0 spiro atoms. The molecule has 1 N–H and O–H groups in total. The number of aliphatic carboxylic acids is 1. The average molecular weight is 270 g/mol. The van der Waals surface area contributed by atoms with Crippen LogP contribution in [0.25, 0.3) is 0 Å². The summed E-state index contributed by atoms with van der Waals surface area (Å²) in [7, 11) is 0. The third-order valence-electron chi connectivity index (χ3n) is 3.45. The van der Waals surface area contributed by atoms with E-state index < -0.39 is 11.4 Å². The zero-order valence-electron chi connectivity index (χ0n) is 10.5. The summed E-state index contributed by atoms with van der Waals surface area (Å²) in [5, 5.41) is 13.3. The summed E-state index contributed by atoms with van der Waals surface area (Å²) in [6, 6.07) is 0. The fourth-order valence-corrected chi connectivity index (χ4v) is 2.93. The maximum absolute atomic E-state index is 11.4. The molecule has 1 fully saturated rings. The fourth-order valence-electron chi connectivity index (χ4n) is 2.42. The van der Waals surface area contributed by atoms with Crippen LogP contribution in [-0.2, 0) is 17.0 Å². The quantitative estimate of drug-likeness (QED) is 0.856. The molecule has 1 aromatic heterocycles. The van der Waals surface area contributed by atoms with Crippen molar-refractivity contribution in [1.29, 1.82) is 0 Å². The van der Waals surface area contributed by atoms with Crippen LogP contribution in [0.15, 0.2) is 4.52 Å². The highest BCUT2D eigenvalue weighted by molar-refractivity contribution is 7.98. The van der Waals surface area contributed by atoms with Gasteiger partial charge in [0.25, 0.3) is 0 Å². The van der Waals surface area contributed by atoms with Gasteiger partial charge in [-0.1, -0.05) is 24.9 Å². The summed E-state index contributed by atoms with van der Waals surface area (Å²) < 4.78 is 5.16. The van der Waals surface area contributed by atoms with E-state index in [0.29, 0.717) is 31.0 Å². The molecule has 18 heavy (non-hydrogen) atoms. The average Bonchev–Trinajstić information content (AvgIpc) is 2.97. The topological polar surface area (TPSA) is 76.2 Å². The highest BCUT2D eigenvalue weighted by atomic mass is 32.2. The first kappa shape index (κ1) is 13.4. The number of aromatic nitrogens is 2. The maximum Gasteiger partial charge on any atom is 0.310 e. The molecule has 0 aromatic carbocycles. The summed E-state index contributed by atoms with van der Waals surface area (Å²) in [5.41, 5.74) is -0.679. The highest BCUT2D eigenvalue weighted by Gasteiger charge is 2.42. The van der Waals surface area contributed by atoms with Gasteiger partial charge in [0.2, 0.25) is 5.89 Å². The lowest BCUT2D eigenvalue weighted by Crippen LogP contribution is -2.30. The Hall–Kier alpha value is -1.04. The first-order chi connectivity index (χ1) is 8.66. The number of carboxylic acid groups (broad SMARTS) is 1. The Balaban J connectivity index is 2.03. The van der Waals surface area contributed by atoms with Gasteiger partial charge in [-0.05, 0) is 18.6 Å². The van der Waals surface area contributed by atoms with Crippen LogP contribution in [0.3, 0.4) is 0 Å². The van der Waals surface area contributed by atoms with E-state index in [2.05, 4.69) is 17.1 Å². The molecule has 1 aliphatic rings. The van der Waals surface area contributed by atoms with Gasteiger partial charge < -0.3 is 9.63 Å². The van der Waals surface area contributed by atoms with Crippen LogP contribution in [0.1, 0.15) is 44.3 Å². The summed E-state index contributed by atoms with van der Waals surface area (Å²) in [4.78, 5) is 15.7. The number of hydrogen-bond acceptors (Lipinski definition) is 5. The Morgan fingerprint density at radius 3 is 2.83 bits per heavy atom. The molecule has 5 nitrogen and oxygen atoms in total. The molecule has 0 unspecified atom stereocenters. The molecule has 1 aromatic rings. The lowest BCUT2D eigenvalue weighted by molar-refractivity contribution is -0.148. The van der Waals surface area contributed by atoms with E-state index in [1.807, 2.05) is 0 Å². The van der Waals surface area contributed by atoms with Crippen LogP contribution in [0, 0.1) is 5.41 Å². The van der Waals surface area contributed by atoms with Crippen molar-refractivity contribution in [2.45, 2.75) is 44.8 Å². The molecule has 6 heteroatoms. The molecule has 0 bridgehead atoms. The SMILES string of the molecule is CCSCc1noc(CC2(C(=O)O)CCCC2)n1. The van der Waals surface area contributed by atoms with Crippen molar-refractivity contribution in [2.24, 2.45) is 5.41 Å². The minimum absolute atomic E-state index is 0.367. The summed E-state index contributed by atoms with van der Waals surface area (Å²) >= 11 is 1.72. The number of hydrogen-bond donors (Lipinski definition) is 1. The molecule has 1 heterocycles. The van der Waals surface area contributed by atoms with E-state index in [1.54, 1.807) is 11.8 Å². The maximum atomic E-state index is 11.4. The zero-order valence-corrected chi connectivity index (χ0v) is 11.3. The second-order valence-electron chi connectivity index (χ2n) is 4.71. The van der Waals surface area contributed by atoms with Gasteiger partial charge in [0.15, 0.2) is 5.82 Å². The first-order valence-corrected chi connectivity index (χ1v) is 7.44. The molecule has 0 amide bonds. The number of thioether (sulfide) groups is 1. The lowest BCUT2D eigenvalue weighted by atomic mass is 9.83. The van der Waals surface area contributed by atoms with Crippen molar-refractivity contribution in [3.8, 4) is 0 Å². The van der Waals surface area contributed by atoms with Gasteiger partial charge in [0.05, 0.1) is 11.2 Å². The second-order valence-corrected chi connectivity index (χ2v) is 5.99. The van der Waals surface area contributed by atoms with Crippen LogP contribution < -0.4 is 0 Å². The van der Waals surface area contributed by atoms with E-state index in [1.165, 1.54) is 0 Å². The van der Waals surface area contributed by atoms with E-state index in [9.17, 15) is 9.90 Å². The standard InChI is InChI=1S/C12H18N2O3S/c1-2-18-8-9-13-10(17-14-9)7-12(11(15)16)5-3-4-6-12/h2-8H2,1H3,(H,15,16). The molecular formula is C12H18N2O3S. The smallest absolute Gasteiger partial charge is 0.310 e. The Morgan fingerprint density at radius 2 is 2.22 bits per heavy atom. The van der Waals surface area contributed by atoms with Gasteiger partial charge in [-0.2, -0.15) is 16.7 Å². The van der Waals surface area contributed by atoms with Gasteiger partial charge >= 0.3 is 5.97 Å². The monoisotopic (exact) mass is 270 g/mol. The molecule has 100 valence electrons. The number of rotatable bonds is 6. The van der Waals surface area contributed by atoms with Gasteiger partial charge in [-0.25, -0.2) is 0 Å². The third kappa shape index (κ3) is 2.85. The molecular weight excluding hydrogens is 252 g/mol. The predicted octanol–water partition coefficient (Wildman–Crippen LogP) is 2.51. The van der Waals surface area contributed by atoms with Gasteiger partial charge in [-0.15, -0.1) is 0 Å². The molecule has 1 aliphatic carbocycles. The zero-order chi connectivity index (χ0) is 13.0. The van der Waals surface area contributed by atoms with Crippen molar-refractivity contribution in [2.75, 3.05) is 5.75 Å². The Labute approximate surface area is 110 Å². The van der Waals surface area contributed by atoms with E-state index in [-0.39, 0.29) is 0 Å². The van der Waals surface area contributed by atoms with Gasteiger partial charge in [0.1, 0.15) is 0 Å². The predicted molar refractivity (Wildman–Crippen MR) is 68.4 cm³/mol. The fraction of sp³-hybridized carbons (Fsp3) is 0.750. The minimum Gasteiger partial charge on any atom is -0.481 e. The normalized spacial score (nSPS) is 18.1. The van der Waals surface area contributed by atoms with Gasteiger partial charge in [0, 0.05) is 6.42 Å². The molecule has 0 atom stereocenters. The number of carboxylic acids is 1. The van der Waals surface area contributed by atoms with Crippen LogP contribution in [0.5, 0.6) is 0 Å². The summed E-state index contributed by atoms with van der Waals surface area (Å²) in [5.74, 6) is 2.12. The van der Waals surface area contributed by atoms with Crippen molar-refractivity contribution in [1.82, 2.24) is 10.1 Å². The molecule has 1 saturated carbocycles. The molecule has 0 aliphatic heterocycles. The Bertz CT molecular complexity index is 413. The van der Waals surface area contributed by atoms with Crippen LogP contribution >= 0.6 is 11.8 Å². The van der Waals surface area contributed by atoms with Crippen LogP contribution in [-0.4, -0.2) is 27.0 Å². The largest absolute Gasteiger partial charge is 0.481 e. The third-order valence-corrected chi connectivity index (χ3v) is 4.32. The Morgan fingerprint density at radius 1 is 1.50 bits per heavy atom. The number of nitrogens with zero attached hydrogens (tertiary/aromatic N) is 2. The highest BCUT2D eigenvalue weighted by Crippen LogP contribution is 2.40.